The van der Waals surface area contributed by atoms with Crippen molar-refractivity contribution in [3.8, 4) is 0 Å². The molecule has 2 heterocycles. The number of sulfone groups is 1. The van der Waals surface area contributed by atoms with E-state index in [4.69, 9.17) is 10.4 Å². The van der Waals surface area contributed by atoms with Crippen molar-refractivity contribution >= 4 is 21.0 Å². The van der Waals surface area contributed by atoms with Crippen molar-refractivity contribution in [3.63, 3.8) is 0 Å². The average Bonchev–Trinajstić information content (AvgIpc) is 2.57. The summed E-state index contributed by atoms with van der Waals surface area (Å²) in [7, 11) is -3.65. The Bertz CT molecular complexity index is 675. The Labute approximate surface area is 97.3 Å². The second-order valence-electron chi connectivity index (χ2n) is 3.68. The van der Waals surface area contributed by atoms with Crippen LogP contribution in [0.15, 0.2) is 23.2 Å². The van der Waals surface area contributed by atoms with Crippen LogP contribution in [-0.4, -0.2) is 34.7 Å². The highest BCUT2D eigenvalue weighted by Crippen LogP contribution is 2.28. The molecule has 92 valence electrons. The molecule has 17 heavy (non-hydrogen) atoms. The zero-order chi connectivity index (χ0) is 12.8. The number of hydrogen-bond donors (Lipinski definition) is 2. The fraction of sp³-hybridized carbons (Fsp3) is 0.222. The lowest BCUT2D eigenvalue weighted by atomic mass is 10.3. The summed E-state index contributed by atoms with van der Waals surface area (Å²) in [6.45, 7) is 1.73. The van der Waals surface area contributed by atoms with Gasteiger partial charge in [-0.2, -0.15) is 5.10 Å². The Morgan fingerprint density at radius 3 is 2.53 bits per heavy atom. The van der Waals surface area contributed by atoms with Gasteiger partial charge in [0.1, 0.15) is 0 Å². The molecular weight excluding hydrogens is 246 g/mol. The highest BCUT2D eigenvalue weighted by Gasteiger charge is 2.25. The van der Waals surface area contributed by atoms with Gasteiger partial charge in [0.25, 0.3) is 0 Å². The van der Waals surface area contributed by atoms with E-state index in [-0.39, 0.29) is 15.9 Å². The highest BCUT2D eigenvalue weighted by atomic mass is 32.2. The van der Waals surface area contributed by atoms with Crippen molar-refractivity contribution in [1.29, 1.82) is 0 Å². The molecule has 0 saturated heterocycles. The third-order valence-corrected chi connectivity index (χ3v) is 3.32. The van der Waals surface area contributed by atoms with E-state index >= 15 is 0 Å². The highest BCUT2D eigenvalue weighted by molar-refractivity contribution is 7.90. The number of aryl methyl sites for hydroxylation is 1. The summed E-state index contributed by atoms with van der Waals surface area (Å²) in [5.41, 5.74) is 0.729. The molecule has 0 aliphatic carbocycles. The molecule has 0 aromatic carbocycles. The number of hydrogen-bond acceptors (Lipinski definition) is 6. The van der Waals surface area contributed by atoms with Crippen LogP contribution < -0.4 is 5.23 Å². The molecule has 0 aliphatic heterocycles. The monoisotopic (exact) mass is 257 g/mol. The quantitative estimate of drug-likeness (QED) is 0.766. The van der Waals surface area contributed by atoms with Crippen molar-refractivity contribution in [2.45, 2.75) is 11.9 Å². The summed E-state index contributed by atoms with van der Waals surface area (Å²) >= 11 is 0. The number of nitrogens with zero attached hydrogens (tertiary/aromatic N) is 3. The van der Waals surface area contributed by atoms with Gasteiger partial charge < -0.3 is 0 Å². The van der Waals surface area contributed by atoms with Crippen LogP contribution >= 0.6 is 0 Å². The van der Waals surface area contributed by atoms with Crippen molar-refractivity contribution in [1.82, 2.24) is 9.61 Å². The maximum Gasteiger partial charge on any atom is 0.206 e. The molecule has 2 N–H and O–H groups in total. The Balaban J connectivity index is 2.95. The van der Waals surface area contributed by atoms with Gasteiger partial charge in [-0.3, -0.25) is 10.4 Å². The van der Waals surface area contributed by atoms with Crippen LogP contribution in [0.1, 0.15) is 5.69 Å². The van der Waals surface area contributed by atoms with Gasteiger partial charge in [-0.1, -0.05) is 6.07 Å². The molecule has 0 atom stereocenters. The van der Waals surface area contributed by atoms with Crippen LogP contribution in [0.3, 0.4) is 0 Å². The molecule has 0 aliphatic rings. The molecule has 0 radical (unpaired) electrons. The van der Waals surface area contributed by atoms with E-state index in [2.05, 4.69) is 5.10 Å². The van der Waals surface area contributed by atoms with Crippen molar-refractivity contribution in [2.24, 2.45) is 0 Å². The number of anilines is 1. The van der Waals surface area contributed by atoms with Gasteiger partial charge in [0.2, 0.25) is 5.03 Å². The molecule has 7 nitrogen and oxygen atoms in total. The van der Waals surface area contributed by atoms with E-state index in [1.807, 2.05) is 0 Å². The van der Waals surface area contributed by atoms with Gasteiger partial charge >= 0.3 is 0 Å². The van der Waals surface area contributed by atoms with E-state index in [1.54, 1.807) is 25.1 Å². The Morgan fingerprint density at radius 2 is 2.00 bits per heavy atom. The molecule has 0 unspecified atom stereocenters. The standard InChI is InChI=1S/C9H11N3O4S/c1-6-4-3-5-7-8(12(13)14)9(10-11(6)7)17(2,15)16/h3-5,13-14H,1-2H3. The fourth-order valence-corrected chi connectivity index (χ4v) is 2.37. The van der Waals surface area contributed by atoms with E-state index in [9.17, 15) is 8.42 Å². The van der Waals surface area contributed by atoms with Crippen molar-refractivity contribution in [2.75, 3.05) is 11.5 Å². The normalized spacial score (nSPS) is 12.0. The minimum absolute atomic E-state index is 0.224. The first kappa shape index (κ1) is 11.8. The first-order valence-corrected chi connectivity index (χ1v) is 6.58. The zero-order valence-electron chi connectivity index (χ0n) is 9.19. The SMILES string of the molecule is Cc1cccc2c(N(O)O)c(S(C)(=O)=O)nn12. The summed E-state index contributed by atoms with van der Waals surface area (Å²) in [5, 5.41) is 21.5. The van der Waals surface area contributed by atoms with Crippen LogP contribution in [0.4, 0.5) is 5.69 Å². The van der Waals surface area contributed by atoms with Crippen LogP contribution in [0.2, 0.25) is 0 Å². The first-order chi connectivity index (χ1) is 7.82. The van der Waals surface area contributed by atoms with Gasteiger partial charge in [-0.25, -0.2) is 12.9 Å². The summed E-state index contributed by atoms with van der Waals surface area (Å²) in [5.74, 6) is 0. The maximum atomic E-state index is 11.5. The Kier molecular flexibility index (Phi) is 2.57. The zero-order valence-corrected chi connectivity index (χ0v) is 10.0. The van der Waals surface area contributed by atoms with Gasteiger partial charge in [0.15, 0.2) is 15.5 Å². The minimum atomic E-state index is -3.65. The molecule has 0 bridgehead atoms. The van der Waals surface area contributed by atoms with Gasteiger partial charge in [0, 0.05) is 11.9 Å². The molecule has 2 aromatic rings. The number of fused-ring (bicyclic) bond motifs is 1. The molecule has 0 saturated carbocycles. The molecule has 0 amide bonds. The summed E-state index contributed by atoms with van der Waals surface area (Å²) in [6, 6.07) is 4.95. The lowest BCUT2D eigenvalue weighted by molar-refractivity contribution is 0.0284. The van der Waals surface area contributed by atoms with Crippen molar-refractivity contribution in [3.05, 3.63) is 23.9 Å². The molecule has 2 rings (SSSR count). The van der Waals surface area contributed by atoms with Gasteiger partial charge in [-0.15, -0.1) is 5.23 Å². The van der Waals surface area contributed by atoms with E-state index < -0.39 is 9.84 Å². The lowest BCUT2D eigenvalue weighted by Gasteiger charge is -2.07. The number of rotatable bonds is 2. The van der Waals surface area contributed by atoms with Crippen LogP contribution in [-0.2, 0) is 9.84 Å². The van der Waals surface area contributed by atoms with E-state index in [1.165, 1.54) is 4.52 Å². The van der Waals surface area contributed by atoms with Crippen molar-refractivity contribution < 1.29 is 18.8 Å². The summed E-state index contributed by atoms with van der Waals surface area (Å²) < 4.78 is 24.4. The third kappa shape index (κ3) is 1.86. The van der Waals surface area contributed by atoms with Crippen LogP contribution in [0, 0.1) is 6.92 Å². The first-order valence-electron chi connectivity index (χ1n) is 4.68. The van der Waals surface area contributed by atoms with E-state index in [0.29, 0.717) is 11.2 Å². The van der Waals surface area contributed by atoms with Crippen LogP contribution in [0.25, 0.3) is 5.52 Å². The molecule has 0 spiro atoms. The Hall–Kier alpha value is -1.64. The average molecular weight is 257 g/mol. The largest absolute Gasteiger partial charge is 0.264 e. The predicted molar refractivity (Wildman–Crippen MR) is 59.1 cm³/mol. The maximum absolute atomic E-state index is 11.5. The Morgan fingerprint density at radius 1 is 1.35 bits per heavy atom. The predicted octanol–water partition coefficient (Wildman–Crippen LogP) is 0.631. The third-order valence-electron chi connectivity index (χ3n) is 2.34. The molecule has 8 heteroatoms. The van der Waals surface area contributed by atoms with Gasteiger partial charge in [-0.05, 0) is 19.1 Å². The van der Waals surface area contributed by atoms with Gasteiger partial charge in [0.05, 0.1) is 5.52 Å². The molecule has 0 fully saturated rings. The van der Waals surface area contributed by atoms with Crippen LogP contribution in [0.5, 0.6) is 0 Å². The van der Waals surface area contributed by atoms with E-state index in [0.717, 1.165) is 6.26 Å². The molecular formula is C9H11N3O4S. The smallest absolute Gasteiger partial charge is 0.206 e. The molecule has 2 aromatic heterocycles. The summed E-state index contributed by atoms with van der Waals surface area (Å²) in [6.07, 6.45) is 0.955. The minimum Gasteiger partial charge on any atom is -0.264 e. The number of aromatic nitrogens is 2. The second kappa shape index (κ2) is 3.69. The summed E-state index contributed by atoms with van der Waals surface area (Å²) in [4.78, 5) is 0. The fourth-order valence-electron chi connectivity index (χ4n) is 1.61. The second-order valence-corrected chi connectivity index (χ2v) is 5.61. The number of pyridine rings is 1. The topological polar surface area (TPSA) is 95.1 Å². The lowest BCUT2D eigenvalue weighted by Crippen LogP contribution is -2.14.